The molecule has 23 heavy (non-hydrogen) atoms. The first kappa shape index (κ1) is 19.9. The maximum atomic E-state index is 12.1. The summed E-state index contributed by atoms with van der Waals surface area (Å²) < 4.78 is 5.19. The van der Waals surface area contributed by atoms with Crippen molar-refractivity contribution < 1.29 is 9.32 Å². The summed E-state index contributed by atoms with van der Waals surface area (Å²) in [7, 11) is 0. The Kier molecular flexibility index (Phi) is 7.04. The van der Waals surface area contributed by atoms with Crippen molar-refractivity contribution in [1.82, 2.24) is 10.1 Å². The number of nitrogens with two attached hydrogens (primary N) is 1. The first-order valence-corrected chi connectivity index (χ1v) is 8.00. The normalized spacial score (nSPS) is 20.7. The molecule has 0 radical (unpaired) electrons. The van der Waals surface area contributed by atoms with E-state index in [1.54, 1.807) is 6.07 Å². The summed E-state index contributed by atoms with van der Waals surface area (Å²) in [6.45, 7) is 10.4. The average molecular weight is 345 g/mol. The van der Waals surface area contributed by atoms with E-state index in [-0.39, 0.29) is 29.8 Å². The van der Waals surface area contributed by atoms with E-state index >= 15 is 0 Å². The number of likely N-dealkylation sites (tertiary alicyclic amines) is 1. The van der Waals surface area contributed by atoms with Crippen molar-refractivity contribution >= 4 is 24.2 Å². The molecule has 0 aromatic carbocycles. The second kappa shape index (κ2) is 8.13. The molecule has 132 valence electrons. The first-order valence-electron chi connectivity index (χ1n) is 8.00. The summed E-state index contributed by atoms with van der Waals surface area (Å²) in [6.07, 6.45) is 2.24. The molecule has 1 fully saturated rings. The zero-order chi connectivity index (χ0) is 16.3. The van der Waals surface area contributed by atoms with Crippen molar-refractivity contribution in [2.24, 2.45) is 11.7 Å². The summed E-state index contributed by atoms with van der Waals surface area (Å²) in [5.41, 5.74) is 6.71. The van der Waals surface area contributed by atoms with Gasteiger partial charge in [-0.3, -0.25) is 15.0 Å². The lowest BCUT2D eigenvalue weighted by Crippen LogP contribution is -2.45. The largest absolute Gasteiger partial charge is 0.338 e. The molecule has 1 aromatic rings. The van der Waals surface area contributed by atoms with E-state index in [1.807, 2.05) is 6.92 Å². The Hall–Kier alpha value is -1.11. The zero-order valence-electron chi connectivity index (χ0n) is 14.5. The van der Waals surface area contributed by atoms with Crippen LogP contribution >= 0.6 is 12.4 Å². The SMILES string of the molecule is CC(N)C1CCCN(CC(=O)Nc2cc(C(C)(C)C)no2)C1.Cl. The number of piperidine rings is 1. The highest BCUT2D eigenvalue weighted by atomic mass is 35.5. The molecule has 6 nitrogen and oxygen atoms in total. The van der Waals surface area contributed by atoms with E-state index in [0.717, 1.165) is 31.6 Å². The Balaban J connectivity index is 0.00000264. The predicted molar refractivity (Wildman–Crippen MR) is 93.9 cm³/mol. The highest BCUT2D eigenvalue weighted by molar-refractivity contribution is 5.91. The van der Waals surface area contributed by atoms with E-state index in [2.05, 4.69) is 36.1 Å². The predicted octanol–water partition coefficient (Wildman–Crippen LogP) is 2.39. The molecule has 3 N–H and O–H groups in total. The summed E-state index contributed by atoms with van der Waals surface area (Å²) in [5, 5.41) is 6.79. The first-order chi connectivity index (χ1) is 10.3. The number of nitrogens with zero attached hydrogens (tertiary/aromatic N) is 2. The second-order valence-electron chi connectivity index (χ2n) is 7.37. The number of aromatic nitrogens is 1. The molecule has 7 heteroatoms. The Morgan fingerprint density at radius 1 is 1.57 bits per heavy atom. The Morgan fingerprint density at radius 3 is 2.83 bits per heavy atom. The maximum Gasteiger partial charge on any atom is 0.240 e. The monoisotopic (exact) mass is 344 g/mol. The van der Waals surface area contributed by atoms with Crippen LogP contribution in [-0.2, 0) is 10.2 Å². The standard InChI is InChI=1S/C16H28N4O2.ClH/c1-11(17)12-6-5-7-20(9-12)10-14(21)18-15-8-13(19-22-15)16(2,3)4;/h8,11-12H,5-7,9-10,17H2,1-4H3,(H,18,21);1H. The smallest absolute Gasteiger partial charge is 0.240 e. The van der Waals surface area contributed by atoms with Crippen LogP contribution in [0.1, 0.15) is 46.2 Å². The topological polar surface area (TPSA) is 84.4 Å². The van der Waals surface area contributed by atoms with Gasteiger partial charge in [0.25, 0.3) is 0 Å². The zero-order valence-corrected chi connectivity index (χ0v) is 15.3. The van der Waals surface area contributed by atoms with Gasteiger partial charge in [0.05, 0.1) is 12.2 Å². The summed E-state index contributed by atoms with van der Waals surface area (Å²) in [5.74, 6) is 0.817. The van der Waals surface area contributed by atoms with E-state index in [1.165, 1.54) is 0 Å². The van der Waals surface area contributed by atoms with E-state index in [9.17, 15) is 4.79 Å². The van der Waals surface area contributed by atoms with Gasteiger partial charge >= 0.3 is 0 Å². The number of rotatable bonds is 4. The third-order valence-corrected chi connectivity index (χ3v) is 4.19. The van der Waals surface area contributed by atoms with Crippen LogP contribution in [0.25, 0.3) is 0 Å². The molecule has 1 aromatic heterocycles. The molecule has 2 unspecified atom stereocenters. The Bertz CT molecular complexity index is 510. The molecule has 0 bridgehead atoms. The lowest BCUT2D eigenvalue weighted by molar-refractivity contribution is -0.117. The van der Waals surface area contributed by atoms with Gasteiger partial charge in [0.2, 0.25) is 11.8 Å². The molecule has 2 rings (SSSR count). The minimum atomic E-state index is -0.0934. The van der Waals surface area contributed by atoms with E-state index < -0.39 is 0 Å². The molecule has 1 saturated heterocycles. The molecule has 1 aliphatic rings. The van der Waals surface area contributed by atoms with Crippen LogP contribution in [0.4, 0.5) is 5.88 Å². The van der Waals surface area contributed by atoms with Crippen LogP contribution < -0.4 is 11.1 Å². The number of halogens is 1. The summed E-state index contributed by atoms with van der Waals surface area (Å²) in [6, 6.07) is 1.97. The van der Waals surface area contributed by atoms with Gasteiger partial charge in [0.15, 0.2) is 0 Å². The minimum absolute atomic E-state index is 0. The number of hydrogen-bond acceptors (Lipinski definition) is 5. The van der Waals surface area contributed by atoms with Gasteiger partial charge in [-0.05, 0) is 32.2 Å². The van der Waals surface area contributed by atoms with E-state index in [0.29, 0.717) is 18.3 Å². The molecule has 1 aliphatic heterocycles. The van der Waals surface area contributed by atoms with E-state index in [4.69, 9.17) is 10.3 Å². The van der Waals surface area contributed by atoms with Gasteiger partial charge in [0.1, 0.15) is 0 Å². The van der Waals surface area contributed by atoms with Crippen molar-refractivity contribution in [3.05, 3.63) is 11.8 Å². The van der Waals surface area contributed by atoms with Gasteiger partial charge in [-0.1, -0.05) is 25.9 Å². The molecule has 0 spiro atoms. The fraction of sp³-hybridized carbons (Fsp3) is 0.750. The molecule has 1 amide bonds. The highest BCUT2D eigenvalue weighted by Gasteiger charge is 2.24. The van der Waals surface area contributed by atoms with Gasteiger partial charge in [-0.2, -0.15) is 0 Å². The number of amides is 1. The van der Waals surface area contributed by atoms with Gasteiger partial charge in [-0.15, -0.1) is 12.4 Å². The molecule has 0 aliphatic carbocycles. The lowest BCUT2D eigenvalue weighted by atomic mass is 9.92. The van der Waals surface area contributed by atoms with Crippen LogP contribution in [0.5, 0.6) is 0 Å². The number of nitrogens with one attached hydrogen (secondary N) is 1. The molecule has 2 atom stereocenters. The molecular weight excluding hydrogens is 316 g/mol. The van der Waals surface area contributed by atoms with Crippen molar-refractivity contribution in [3.63, 3.8) is 0 Å². The van der Waals surface area contributed by atoms with Crippen LogP contribution in [0.15, 0.2) is 10.6 Å². The Labute approximate surface area is 144 Å². The van der Waals surface area contributed by atoms with Gasteiger partial charge in [0, 0.05) is 24.1 Å². The van der Waals surface area contributed by atoms with Crippen LogP contribution in [0, 0.1) is 5.92 Å². The second-order valence-corrected chi connectivity index (χ2v) is 7.37. The lowest BCUT2D eigenvalue weighted by Gasteiger charge is -2.33. The molecular formula is C16H29ClN4O2. The minimum Gasteiger partial charge on any atom is -0.338 e. The maximum absolute atomic E-state index is 12.1. The number of carbonyl (C=O) groups excluding carboxylic acids is 1. The van der Waals surface area contributed by atoms with Crippen molar-refractivity contribution in [1.29, 1.82) is 0 Å². The van der Waals surface area contributed by atoms with Crippen LogP contribution in [-0.4, -0.2) is 41.6 Å². The summed E-state index contributed by atoms with van der Waals surface area (Å²) >= 11 is 0. The molecule has 2 heterocycles. The third-order valence-electron chi connectivity index (χ3n) is 4.19. The van der Waals surface area contributed by atoms with Crippen molar-refractivity contribution in [2.75, 3.05) is 25.0 Å². The summed E-state index contributed by atoms with van der Waals surface area (Å²) in [4.78, 5) is 14.3. The number of hydrogen-bond donors (Lipinski definition) is 2. The quantitative estimate of drug-likeness (QED) is 0.876. The third kappa shape index (κ3) is 5.79. The average Bonchev–Trinajstić information content (AvgIpc) is 2.87. The number of anilines is 1. The van der Waals surface area contributed by atoms with Crippen molar-refractivity contribution in [2.45, 2.75) is 52.0 Å². The van der Waals surface area contributed by atoms with Crippen molar-refractivity contribution in [3.8, 4) is 0 Å². The van der Waals surface area contributed by atoms with Gasteiger partial charge in [-0.25, -0.2) is 0 Å². The molecule has 0 saturated carbocycles. The fourth-order valence-corrected chi connectivity index (χ4v) is 2.73. The van der Waals surface area contributed by atoms with Gasteiger partial charge < -0.3 is 10.3 Å². The van der Waals surface area contributed by atoms with Crippen LogP contribution in [0.3, 0.4) is 0 Å². The number of carbonyl (C=O) groups is 1. The fourth-order valence-electron chi connectivity index (χ4n) is 2.73. The Morgan fingerprint density at radius 2 is 2.26 bits per heavy atom. The van der Waals surface area contributed by atoms with Crippen LogP contribution in [0.2, 0.25) is 0 Å². The highest BCUT2D eigenvalue weighted by Crippen LogP contribution is 2.23.